The molecule has 0 unspecified atom stereocenters. The number of thiophene rings is 2. The highest BCUT2D eigenvalue weighted by Gasteiger charge is 2.20. The summed E-state index contributed by atoms with van der Waals surface area (Å²) in [7, 11) is 0. The van der Waals surface area contributed by atoms with Gasteiger partial charge in [0.05, 0.1) is 26.9 Å². The van der Waals surface area contributed by atoms with Gasteiger partial charge in [-0.05, 0) is 70.1 Å². The molecule has 0 bridgehead atoms. The fourth-order valence-corrected chi connectivity index (χ4v) is 10.6. The van der Waals surface area contributed by atoms with Crippen molar-refractivity contribution in [3.63, 3.8) is 0 Å². The maximum atomic E-state index is 5.43. The lowest BCUT2D eigenvalue weighted by Gasteiger charge is -2.10. The Kier molecular flexibility index (Phi) is 6.09. The normalized spacial score (nSPS) is 12.2. The van der Waals surface area contributed by atoms with E-state index in [0.717, 1.165) is 38.5 Å². The minimum absolute atomic E-state index is 0.757. The number of fused-ring (bicyclic) bond motifs is 11. The monoisotopic (exact) mass is 709 g/mol. The van der Waals surface area contributed by atoms with Gasteiger partial charge >= 0.3 is 0 Å². The van der Waals surface area contributed by atoms with Crippen LogP contribution in [0.4, 0.5) is 0 Å². The molecule has 246 valence electrons. The highest BCUT2D eigenvalue weighted by Crippen LogP contribution is 2.44. The highest BCUT2D eigenvalue weighted by atomic mass is 32.1. The molecule has 3 nitrogen and oxygen atoms in total. The van der Waals surface area contributed by atoms with Gasteiger partial charge in [0.25, 0.3) is 0 Å². The Bertz CT molecular complexity index is 3480. The van der Waals surface area contributed by atoms with Crippen LogP contribution in [0.1, 0.15) is 0 Å². The maximum absolute atomic E-state index is 5.43. The second kappa shape index (κ2) is 11.1. The van der Waals surface area contributed by atoms with Crippen molar-refractivity contribution in [3.05, 3.63) is 164 Å². The Morgan fingerprint density at radius 2 is 1.17 bits per heavy atom. The van der Waals surface area contributed by atoms with Crippen molar-refractivity contribution in [1.82, 2.24) is 14.5 Å². The molecule has 53 heavy (non-hydrogen) atoms. The number of benzene rings is 8. The smallest absolute Gasteiger partial charge is 0.161 e. The van der Waals surface area contributed by atoms with Gasteiger partial charge in [-0.1, -0.05) is 115 Å². The number of nitrogens with zero attached hydrogens (tertiary/aromatic N) is 3. The molecule has 0 N–H and O–H groups in total. The van der Waals surface area contributed by atoms with Gasteiger partial charge in [0.15, 0.2) is 5.82 Å². The number of para-hydroxylation sites is 1. The maximum Gasteiger partial charge on any atom is 0.161 e. The van der Waals surface area contributed by atoms with E-state index in [2.05, 4.69) is 168 Å². The van der Waals surface area contributed by atoms with Gasteiger partial charge in [-0.2, -0.15) is 0 Å². The minimum atomic E-state index is 0.757. The molecule has 0 fully saturated rings. The highest BCUT2D eigenvalue weighted by molar-refractivity contribution is 7.26. The van der Waals surface area contributed by atoms with Crippen LogP contribution in [0.2, 0.25) is 0 Å². The molecule has 0 saturated carbocycles. The van der Waals surface area contributed by atoms with Crippen molar-refractivity contribution in [3.8, 4) is 28.3 Å². The quantitative estimate of drug-likeness (QED) is 0.183. The Morgan fingerprint density at radius 3 is 2.06 bits per heavy atom. The standard InChI is InChI=1S/C48H27N3S2/c1-2-11-29-24-32(21-20-28(29)10-1)45-47-46(36-15-6-8-18-41(36)53-47)50-48(49-45)37-16-9-19-42-44(37)35-23-22-33(27-43(35)52-42)51-39-17-7-5-14-34(39)38-25-30-12-3-4-13-31(30)26-40(38)51/h1-27H. The van der Waals surface area contributed by atoms with Crippen LogP contribution < -0.4 is 0 Å². The first kappa shape index (κ1) is 29.2. The summed E-state index contributed by atoms with van der Waals surface area (Å²) >= 11 is 3.62. The van der Waals surface area contributed by atoms with Gasteiger partial charge in [0, 0.05) is 57.8 Å². The molecule has 0 radical (unpaired) electrons. The van der Waals surface area contributed by atoms with Gasteiger partial charge in [0.1, 0.15) is 0 Å². The molecule has 12 rings (SSSR count). The van der Waals surface area contributed by atoms with Crippen molar-refractivity contribution in [2.75, 3.05) is 0 Å². The van der Waals surface area contributed by atoms with E-state index in [4.69, 9.17) is 9.97 Å². The molecule has 4 heterocycles. The Morgan fingerprint density at radius 1 is 0.434 bits per heavy atom. The van der Waals surface area contributed by atoms with Crippen LogP contribution in [0.5, 0.6) is 0 Å². The van der Waals surface area contributed by atoms with Crippen molar-refractivity contribution < 1.29 is 0 Å². The van der Waals surface area contributed by atoms with E-state index in [1.54, 1.807) is 11.3 Å². The van der Waals surface area contributed by atoms with Crippen molar-refractivity contribution in [2.24, 2.45) is 0 Å². The molecular weight excluding hydrogens is 683 g/mol. The molecule has 0 aliphatic rings. The van der Waals surface area contributed by atoms with Crippen LogP contribution in [-0.4, -0.2) is 14.5 Å². The number of hydrogen-bond donors (Lipinski definition) is 0. The topological polar surface area (TPSA) is 30.7 Å². The first-order valence-electron chi connectivity index (χ1n) is 17.8. The number of rotatable bonds is 3. The van der Waals surface area contributed by atoms with Crippen molar-refractivity contribution >= 4 is 106 Å². The lowest BCUT2D eigenvalue weighted by atomic mass is 10.0. The Labute approximate surface area is 311 Å². The second-order valence-corrected chi connectivity index (χ2v) is 15.9. The summed E-state index contributed by atoms with van der Waals surface area (Å²) in [6, 6.07) is 59.4. The van der Waals surface area contributed by atoms with Crippen LogP contribution in [0.3, 0.4) is 0 Å². The zero-order valence-electron chi connectivity index (χ0n) is 28.2. The third-order valence-electron chi connectivity index (χ3n) is 10.8. The molecule has 5 heteroatoms. The zero-order chi connectivity index (χ0) is 34.6. The summed E-state index contributed by atoms with van der Waals surface area (Å²) in [5.74, 6) is 0.757. The van der Waals surface area contributed by atoms with E-state index in [-0.39, 0.29) is 0 Å². The van der Waals surface area contributed by atoms with Gasteiger partial charge in [-0.15, -0.1) is 22.7 Å². The summed E-state index contributed by atoms with van der Waals surface area (Å²) in [5.41, 5.74) is 7.75. The summed E-state index contributed by atoms with van der Waals surface area (Å²) in [4.78, 5) is 10.8. The van der Waals surface area contributed by atoms with Crippen LogP contribution in [0, 0.1) is 0 Å². The predicted molar refractivity (Wildman–Crippen MR) is 228 cm³/mol. The summed E-state index contributed by atoms with van der Waals surface area (Å²) in [6.07, 6.45) is 0. The van der Waals surface area contributed by atoms with Crippen LogP contribution >= 0.6 is 22.7 Å². The zero-order valence-corrected chi connectivity index (χ0v) is 29.9. The molecular formula is C48H27N3S2. The summed E-state index contributed by atoms with van der Waals surface area (Å²) in [5, 5.41) is 11.1. The van der Waals surface area contributed by atoms with E-state index >= 15 is 0 Å². The number of aromatic nitrogens is 3. The average Bonchev–Trinajstić information content (AvgIpc) is 3.88. The molecule has 0 aliphatic carbocycles. The largest absolute Gasteiger partial charge is 0.309 e. The molecule has 0 saturated heterocycles. The SMILES string of the molecule is c1ccc2cc(-c3nc(-c4cccc5sc6cc(-n7c8ccccc8c8cc9ccccc9cc87)ccc6c45)nc4c3sc3ccccc34)ccc2c1. The second-order valence-electron chi connectivity index (χ2n) is 13.8. The van der Waals surface area contributed by atoms with E-state index in [1.165, 1.54) is 73.6 Å². The van der Waals surface area contributed by atoms with Crippen molar-refractivity contribution in [2.45, 2.75) is 0 Å². The summed E-state index contributed by atoms with van der Waals surface area (Å²) < 4.78 is 7.25. The average molecular weight is 710 g/mol. The predicted octanol–water partition coefficient (Wildman–Crippen LogP) is 13.9. The summed E-state index contributed by atoms with van der Waals surface area (Å²) in [6.45, 7) is 0. The van der Waals surface area contributed by atoms with E-state index in [1.807, 2.05) is 11.3 Å². The molecule has 0 amide bonds. The molecule has 12 aromatic rings. The van der Waals surface area contributed by atoms with Gasteiger partial charge in [-0.3, -0.25) is 0 Å². The van der Waals surface area contributed by atoms with Gasteiger partial charge in [-0.25, -0.2) is 9.97 Å². The first-order chi connectivity index (χ1) is 26.2. The first-order valence-corrected chi connectivity index (χ1v) is 19.4. The van der Waals surface area contributed by atoms with Crippen LogP contribution in [0.25, 0.3) is 112 Å². The van der Waals surface area contributed by atoms with Crippen LogP contribution in [-0.2, 0) is 0 Å². The third kappa shape index (κ3) is 4.32. The molecule has 4 aromatic heterocycles. The molecule has 0 aliphatic heterocycles. The van der Waals surface area contributed by atoms with E-state index < -0.39 is 0 Å². The lowest BCUT2D eigenvalue weighted by Crippen LogP contribution is -1.94. The number of hydrogen-bond acceptors (Lipinski definition) is 4. The Hall–Kier alpha value is -6.40. The minimum Gasteiger partial charge on any atom is -0.309 e. The van der Waals surface area contributed by atoms with Gasteiger partial charge in [0.2, 0.25) is 0 Å². The Balaban J connectivity index is 1.09. The molecule has 0 atom stereocenters. The molecule has 0 spiro atoms. The third-order valence-corrected chi connectivity index (χ3v) is 13.0. The van der Waals surface area contributed by atoms with E-state index in [0.29, 0.717) is 0 Å². The van der Waals surface area contributed by atoms with Crippen molar-refractivity contribution in [1.29, 1.82) is 0 Å². The van der Waals surface area contributed by atoms with Crippen LogP contribution in [0.15, 0.2) is 164 Å². The van der Waals surface area contributed by atoms with Gasteiger partial charge < -0.3 is 4.57 Å². The fourth-order valence-electron chi connectivity index (χ4n) is 8.32. The fraction of sp³-hybridized carbons (Fsp3) is 0. The van der Waals surface area contributed by atoms with E-state index in [9.17, 15) is 0 Å². The molecule has 8 aromatic carbocycles. The lowest BCUT2D eigenvalue weighted by molar-refractivity contribution is 1.19.